The molecule has 0 spiro atoms. The Labute approximate surface area is 112 Å². The molecule has 1 aromatic carbocycles. The first kappa shape index (κ1) is 13.9. The van der Waals surface area contributed by atoms with Crippen LogP contribution >= 0.6 is 11.3 Å². The number of halogens is 3. The lowest BCUT2D eigenvalue weighted by molar-refractivity contribution is -0.137. The van der Waals surface area contributed by atoms with Crippen LogP contribution in [-0.2, 0) is 6.18 Å². The van der Waals surface area contributed by atoms with Crippen molar-refractivity contribution in [2.45, 2.75) is 12.3 Å². The van der Waals surface area contributed by atoms with Crippen molar-refractivity contribution in [3.8, 4) is 0 Å². The van der Waals surface area contributed by atoms with Crippen molar-refractivity contribution in [1.29, 1.82) is 0 Å². The van der Waals surface area contributed by atoms with E-state index in [-0.39, 0.29) is 6.54 Å². The topological polar surface area (TPSA) is 32.3 Å². The highest BCUT2D eigenvalue weighted by atomic mass is 32.1. The maximum atomic E-state index is 12.4. The summed E-state index contributed by atoms with van der Waals surface area (Å²) >= 11 is 1.43. The van der Waals surface area contributed by atoms with E-state index in [9.17, 15) is 18.3 Å². The molecule has 2 N–H and O–H groups in total. The molecule has 0 aliphatic carbocycles. The Morgan fingerprint density at radius 3 is 2.37 bits per heavy atom. The fourth-order valence-electron chi connectivity index (χ4n) is 1.57. The summed E-state index contributed by atoms with van der Waals surface area (Å²) in [6, 6.07) is 8.37. The molecule has 2 rings (SSSR count). The van der Waals surface area contributed by atoms with E-state index in [0.29, 0.717) is 5.69 Å². The number of aliphatic hydroxyl groups excluding tert-OH is 1. The van der Waals surface area contributed by atoms with Crippen LogP contribution in [0.25, 0.3) is 0 Å². The third-order valence-electron chi connectivity index (χ3n) is 2.58. The van der Waals surface area contributed by atoms with Gasteiger partial charge < -0.3 is 10.4 Å². The van der Waals surface area contributed by atoms with E-state index >= 15 is 0 Å². The van der Waals surface area contributed by atoms with Gasteiger partial charge in [0.2, 0.25) is 0 Å². The summed E-state index contributed by atoms with van der Waals surface area (Å²) in [5, 5.41) is 14.6. The van der Waals surface area contributed by atoms with Crippen molar-refractivity contribution in [1.82, 2.24) is 0 Å². The number of thiophene rings is 1. The number of hydrogen-bond acceptors (Lipinski definition) is 3. The molecule has 1 unspecified atom stereocenters. The van der Waals surface area contributed by atoms with Crippen LogP contribution in [0, 0.1) is 0 Å². The van der Waals surface area contributed by atoms with E-state index in [4.69, 9.17) is 0 Å². The Hall–Kier alpha value is -1.53. The number of benzene rings is 1. The summed E-state index contributed by atoms with van der Waals surface area (Å²) < 4.78 is 37.1. The third-order valence-corrected chi connectivity index (χ3v) is 3.56. The summed E-state index contributed by atoms with van der Waals surface area (Å²) in [7, 11) is 0. The summed E-state index contributed by atoms with van der Waals surface area (Å²) in [6.07, 6.45) is -4.99. The minimum absolute atomic E-state index is 0.256. The van der Waals surface area contributed by atoms with Crippen LogP contribution in [0.3, 0.4) is 0 Å². The summed E-state index contributed by atoms with van der Waals surface area (Å²) in [5.74, 6) is 0. The molecule has 0 bridgehead atoms. The Kier molecular flexibility index (Phi) is 4.11. The Morgan fingerprint density at radius 1 is 1.16 bits per heavy atom. The van der Waals surface area contributed by atoms with Gasteiger partial charge in [0, 0.05) is 17.1 Å². The predicted molar refractivity (Wildman–Crippen MR) is 69.2 cm³/mol. The van der Waals surface area contributed by atoms with Crippen LogP contribution in [0.15, 0.2) is 41.8 Å². The molecule has 0 saturated heterocycles. The fraction of sp³-hybridized carbons (Fsp3) is 0.231. The minimum atomic E-state index is -4.32. The van der Waals surface area contributed by atoms with Gasteiger partial charge in [-0.15, -0.1) is 11.3 Å². The molecule has 6 heteroatoms. The van der Waals surface area contributed by atoms with E-state index in [1.807, 2.05) is 17.5 Å². The van der Waals surface area contributed by atoms with Gasteiger partial charge in [0.15, 0.2) is 0 Å². The highest BCUT2D eigenvalue weighted by molar-refractivity contribution is 7.10. The SMILES string of the molecule is OC(CNc1ccc(C(F)(F)F)cc1)c1cccs1. The molecule has 1 atom stereocenters. The Balaban J connectivity index is 1.93. The van der Waals surface area contributed by atoms with E-state index in [1.54, 1.807) is 0 Å². The van der Waals surface area contributed by atoms with Crippen molar-refractivity contribution in [3.05, 3.63) is 52.2 Å². The van der Waals surface area contributed by atoms with E-state index in [1.165, 1.54) is 23.5 Å². The normalized spacial score (nSPS) is 13.3. The van der Waals surface area contributed by atoms with Gasteiger partial charge in [-0.25, -0.2) is 0 Å². The smallest absolute Gasteiger partial charge is 0.386 e. The van der Waals surface area contributed by atoms with Crippen LogP contribution in [-0.4, -0.2) is 11.7 Å². The van der Waals surface area contributed by atoms with Crippen LogP contribution in [0.5, 0.6) is 0 Å². The van der Waals surface area contributed by atoms with Crippen molar-refractivity contribution >= 4 is 17.0 Å². The van der Waals surface area contributed by atoms with Gasteiger partial charge in [-0.05, 0) is 35.7 Å². The maximum Gasteiger partial charge on any atom is 0.416 e. The predicted octanol–water partition coefficient (Wildman–Crippen LogP) is 3.91. The molecule has 0 fully saturated rings. The molecular weight excluding hydrogens is 275 g/mol. The molecule has 1 aromatic heterocycles. The average molecular weight is 287 g/mol. The number of aliphatic hydroxyl groups is 1. The second kappa shape index (κ2) is 5.63. The van der Waals surface area contributed by atoms with Crippen LogP contribution in [0.2, 0.25) is 0 Å². The molecule has 19 heavy (non-hydrogen) atoms. The van der Waals surface area contributed by atoms with Crippen LogP contribution < -0.4 is 5.32 Å². The largest absolute Gasteiger partial charge is 0.416 e. The summed E-state index contributed by atoms with van der Waals surface area (Å²) in [5.41, 5.74) is -0.138. The lowest BCUT2D eigenvalue weighted by Crippen LogP contribution is -2.11. The Bertz CT molecular complexity index is 508. The third kappa shape index (κ3) is 3.71. The molecule has 0 aliphatic heterocycles. The first-order valence-corrected chi connectivity index (χ1v) is 6.47. The highest BCUT2D eigenvalue weighted by Gasteiger charge is 2.29. The maximum absolute atomic E-state index is 12.4. The van der Waals surface area contributed by atoms with Gasteiger partial charge in [0.1, 0.15) is 6.10 Å². The number of anilines is 1. The molecule has 0 saturated carbocycles. The standard InChI is InChI=1S/C13H12F3NOS/c14-13(15,16)9-3-5-10(6-4-9)17-8-11(18)12-2-1-7-19-12/h1-7,11,17-18H,8H2. The second-order valence-electron chi connectivity index (χ2n) is 3.99. The van der Waals surface area contributed by atoms with Crippen LogP contribution in [0.1, 0.15) is 16.5 Å². The molecule has 2 aromatic rings. The van der Waals surface area contributed by atoms with Gasteiger partial charge in [0.05, 0.1) is 5.56 Å². The fourth-order valence-corrected chi connectivity index (χ4v) is 2.28. The van der Waals surface area contributed by atoms with Gasteiger partial charge in [-0.1, -0.05) is 6.07 Å². The number of rotatable bonds is 4. The lowest BCUT2D eigenvalue weighted by Gasteiger charge is -2.12. The van der Waals surface area contributed by atoms with Crippen molar-refractivity contribution < 1.29 is 18.3 Å². The molecule has 2 nitrogen and oxygen atoms in total. The van der Waals surface area contributed by atoms with Gasteiger partial charge >= 0.3 is 6.18 Å². The summed E-state index contributed by atoms with van der Waals surface area (Å²) in [6.45, 7) is 0.256. The molecule has 0 amide bonds. The lowest BCUT2D eigenvalue weighted by atomic mass is 10.2. The number of hydrogen-bond donors (Lipinski definition) is 2. The zero-order valence-electron chi connectivity index (χ0n) is 9.82. The molecule has 0 aliphatic rings. The van der Waals surface area contributed by atoms with Crippen molar-refractivity contribution in [2.24, 2.45) is 0 Å². The molecule has 0 radical (unpaired) electrons. The van der Waals surface area contributed by atoms with E-state index < -0.39 is 17.8 Å². The molecule has 1 heterocycles. The monoisotopic (exact) mass is 287 g/mol. The van der Waals surface area contributed by atoms with Crippen molar-refractivity contribution in [2.75, 3.05) is 11.9 Å². The van der Waals surface area contributed by atoms with E-state index in [2.05, 4.69) is 5.32 Å². The highest BCUT2D eigenvalue weighted by Crippen LogP contribution is 2.30. The zero-order valence-corrected chi connectivity index (χ0v) is 10.6. The van der Waals surface area contributed by atoms with Gasteiger partial charge in [0.25, 0.3) is 0 Å². The first-order chi connectivity index (χ1) is 8.97. The minimum Gasteiger partial charge on any atom is -0.386 e. The quantitative estimate of drug-likeness (QED) is 0.893. The Morgan fingerprint density at radius 2 is 1.84 bits per heavy atom. The molecular formula is C13H12F3NOS. The van der Waals surface area contributed by atoms with Crippen molar-refractivity contribution in [3.63, 3.8) is 0 Å². The zero-order chi connectivity index (χ0) is 13.9. The summed E-state index contributed by atoms with van der Waals surface area (Å²) in [4.78, 5) is 0.819. The number of alkyl halides is 3. The van der Waals surface area contributed by atoms with E-state index in [0.717, 1.165) is 17.0 Å². The average Bonchev–Trinajstić information content (AvgIpc) is 2.89. The van der Waals surface area contributed by atoms with Crippen LogP contribution in [0.4, 0.5) is 18.9 Å². The van der Waals surface area contributed by atoms with Gasteiger partial charge in [-0.2, -0.15) is 13.2 Å². The first-order valence-electron chi connectivity index (χ1n) is 5.59. The molecule has 102 valence electrons. The number of nitrogens with one attached hydrogen (secondary N) is 1. The van der Waals surface area contributed by atoms with Gasteiger partial charge in [-0.3, -0.25) is 0 Å². The second-order valence-corrected chi connectivity index (χ2v) is 4.97.